The molecular weight excluding hydrogens is 356 g/mol. The number of nitrogens with one attached hydrogen (secondary N) is 1. The van der Waals surface area contributed by atoms with E-state index in [9.17, 15) is 13.2 Å². The Bertz CT molecular complexity index is 869. The van der Waals surface area contributed by atoms with Gasteiger partial charge in [0, 0.05) is 18.7 Å². The van der Waals surface area contributed by atoms with Crippen molar-refractivity contribution in [1.29, 1.82) is 0 Å². The number of esters is 1. The molecule has 1 atom stereocenters. The molecule has 142 valence electrons. The predicted molar refractivity (Wildman–Crippen MR) is 97.4 cm³/mol. The lowest BCUT2D eigenvalue weighted by Crippen LogP contribution is -2.31. The monoisotopic (exact) mass is 380 g/mol. The summed E-state index contributed by atoms with van der Waals surface area (Å²) in [7, 11) is -2.72. The fourth-order valence-corrected chi connectivity index (χ4v) is 3.47. The van der Waals surface area contributed by atoms with Crippen molar-refractivity contribution >= 4 is 16.0 Å². The third-order valence-electron chi connectivity index (χ3n) is 4.09. The van der Waals surface area contributed by atoms with E-state index in [1.54, 1.807) is 0 Å². The molecule has 1 unspecified atom stereocenters. The Labute approximate surface area is 153 Å². The first-order valence-electron chi connectivity index (χ1n) is 8.19. The molecule has 0 saturated heterocycles. The Morgan fingerprint density at radius 2 is 1.81 bits per heavy atom. The molecule has 0 aliphatic heterocycles. The van der Waals surface area contributed by atoms with Crippen LogP contribution < -0.4 is 10.5 Å². The summed E-state index contributed by atoms with van der Waals surface area (Å²) in [4.78, 5) is 11.6. The molecule has 0 radical (unpaired) electrons. The number of nitrogens with two attached hydrogens (primary N) is 1. The molecule has 1 heterocycles. The lowest BCUT2D eigenvalue weighted by atomic mass is 9.99. The summed E-state index contributed by atoms with van der Waals surface area (Å²) in [5.41, 5.74) is 8.16. The maximum Gasteiger partial charge on any atom is 0.341 e. The fourth-order valence-electron chi connectivity index (χ4n) is 2.42. The average Bonchev–Trinajstić information content (AvgIpc) is 3.01. The number of rotatable bonds is 7. The molecule has 26 heavy (non-hydrogen) atoms. The number of furan rings is 1. The smallest absolute Gasteiger partial charge is 0.341 e. The normalized spacial score (nSPS) is 13.0. The van der Waals surface area contributed by atoms with Crippen LogP contribution in [0.3, 0.4) is 0 Å². The zero-order chi connectivity index (χ0) is 19.5. The van der Waals surface area contributed by atoms with E-state index in [-0.39, 0.29) is 23.0 Å². The highest BCUT2D eigenvalue weighted by Crippen LogP contribution is 2.21. The van der Waals surface area contributed by atoms with Crippen LogP contribution in [-0.4, -0.2) is 28.0 Å². The van der Waals surface area contributed by atoms with Gasteiger partial charge in [0.2, 0.25) is 5.09 Å². The molecule has 1 aromatic heterocycles. The number of carbonyl (C=O) groups excluding carboxylic acids is 1. The molecule has 2 rings (SSSR count). The molecule has 8 heteroatoms. The van der Waals surface area contributed by atoms with Crippen molar-refractivity contribution < 1.29 is 22.4 Å². The molecule has 0 saturated carbocycles. The summed E-state index contributed by atoms with van der Waals surface area (Å²) in [5, 5.41) is -0.349. The van der Waals surface area contributed by atoms with Crippen molar-refractivity contribution in [3.8, 4) is 0 Å². The summed E-state index contributed by atoms with van der Waals surface area (Å²) in [6.45, 7) is 5.68. The van der Waals surface area contributed by atoms with E-state index in [0.717, 1.165) is 11.6 Å². The maximum atomic E-state index is 12.4. The van der Waals surface area contributed by atoms with Crippen LogP contribution >= 0.6 is 0 Å². The van der Waals surface area contributed by atoms with Gasteiger partial charge in [-0.15, -0.1) is 0 Å². The summed E-state index contributed by atoms with van der Waals surface area (Å²) in [6, 6.07) is 8.37. The second-order valence-electron chi connectivity index (χ2n) is 6.31. The van der Waals surface area contributed by atoms with E-state index in [1.807, 2.05) is 24.3 Å². The highest BCUT2D eigenvalue weighted by atomic mass is 32.2. The molecule has 2 aromatic rings. The second kappa shape index (κ2) is 8.03. The van der Waals surface area contributed by atoms with Gasteiger partial charge in [0.15, 0.2) is 0 Å². The van der Waals surface area contributed by atoms with Gasteiger partial charge < -0.3 is 14.9 Å². The van der Waals surface area contributed by atoms with Crippen LogP contribution in [0.25, 0.3) is 0 Å². The molecule has 0 spiro atoms. The van der Waals surface area contributed by atoms with E-state index in [4.69, 9.17) is 10.2 Å². The molecular formula is C18H24N2O5S. The molecule has 0 aliphatic carbocycles. The van der Waals surface area contributed by atoms with Crippen LogP contribution in [0.2, 0.25) is 0 Å². The molecule has 0 bridgehead atoms. The van der Waals surface area contributed by atoms with Crippen LogP contribution in [-0.2, 0) is 14.8 Å². The van der Waals surface area contributed by atoms with Gasteiger partial charge in [-0.05, 0) is 24.0 Å². The third-order valence-corrected chi connectivity index (χ3v) is 5.37. The minimum Gasteiger partial charge on any atom is -0.465 e. The zero-order valence-corrected chi connectivity index (χ0v) is 16.1. The van der Waals surface area contributed by atoms with E-state index in [0.29, 0.717) is 5.92 Å². The Morgan fingerprint density at radius 3 is 2.35 bits per heavy atom. The standard InChI is InChI=1S/C18H24N2O5S/c1-11(2)13-5-7-14(8-6-13)16(19)10-20-26(22,23)17-9-15(12(3)25-17)18(21)24-4/h5-9,11,16,20H,10,19H2,1-4H3. The first-order valence-corrected chi connectivity index (χ1v) is 9.68. The largest absolute Gasteiger partial charge is 0.465 e. The van der Waals surface area contributed by atoms with Gasteiger partial charge in [-0.2, -0.15) is 0 Å². The first-order chi connectivity index (χ1) is 12.2. The lowest BCUT2D eigenvalue weighted by molar-refractivity contribution is 0.0598. The van der Waals surface area contributed by atoms with Gasteiger partial charge in [-0.25, -0.2) is 17.9 Å². The quantitative estimate of drug-likeness (QED) is 0.714. The van der Waals surface area contributed by atoms with Crippen molar-refractivity contribution in [2.24, 2.45) is 5.73 Å². The summed E-state index contributed by atoms with van der Waals surface area (Å²) in [5.74, 6) is -0.0783. The number of methoxy groups -OCH3 is 1. The molecule has 3 N–H and O–H groups in total. The van der Waals surface area contributed by atoms with Gasteiger partial charge in [0.05, 0.1) is 7.11 Å². The van der Waals surface area contributed by atoms with Crippen molar-refractivity contribution in [2.45, 2.75) is 37.8 Å². The summed E-state index contributed by atoms with van der Waals surface area (Å²) in [6.07, 6.45) is 0. The maximum absolute atomic E-state index is 12.4. The zero-order valence-electron chi connectivity index (χ0n) is 15.3. The lowest BCUT2D eigenvalue weighted by Gasteiger charge is -2.14. The number of benzene rings is 1. The van der Waals surface area contributed by atoms with Gasteiger partial charge in [0.1, 0.15) is 11.3 Å². The van der Waals surface area contributed by atoms with Crippen LogP contribution in [0.1, 0.15) is 53.1 Å². The topological polar surface area (TPSA) is 112 Å². The van der Waals surface area contributed by atoms with E-state index in [2.05, 4.69) is 23.3 Å². The highest BCUT2D eigenvalue weighted by Gasteiger charge is 2.24. The molecule has 0 aliphatic rings. The van der Waals surface area contributed by atoms with Crippen molar-refractivity contribution in [3.63, 3.8) is 0 Å². The van der Waals surface area contributed by atoms with Gasteiger partial charge in [-0.1, -0.05) is 38.1 Å². The van der Waals surface area contributed by atoms with Gasteiger partial charge in [-0.3, -0.25) is 0 Å². The van der Waals surface area contributed by atoms with E-state index < -0.39 is 22.0 Å². The highest BCUT2D eigenvalue weighted by molar-refractivity contribution is 7.89. The van der Waals surface area contributed by atoms with Gasteiger partial charge in [0.25, 0.3) is 10.0 Å². The minimum atomic E-state index is -3.93. The van der Waals surface area contributed by atoms with Crippen LogP contribution in [0, 0.1) is 6.92 Å². The Morgan fingerprint density at radius 1 is 1.23 bits per heavy atom. The Hall–Kier alpha value is -2.16. The SMILES string of the molecule is COC(=O)c1cc(S(=O)(=O)NCC(N)c2ccc(C(C)C)cc2)oc1C. The molecule has 1 aromatic carbocycles. The number of hydrogen-bond donors (Lipinski definition) is 2. The first kappa shape index (κ1) is 20.2. The van der Waals surface area contributed by atoms with E-state index >= 15 is 0 Å². The molecule has 0 fully saturated rings. The second-order valence-corrected chi connectivity index (χ2v) is 8.00. The number of aryl methyl sites for hydroxylation is 1. The van der Waals surface area contributed by atoms with Crippen LogP contribution in [0.15, 0.2) is 39.8 Å². The number of carbonyl (C=O) groups is 1. The number of sulfonamides is 1. The van der Waals surface area contributed by atoms with Crippen molar-refractivity contribution in [2.75, 3.05) is 13.7 Å². The number of hydrogen-bond acceptors (Lipinski definition) is 6. The third kappa shape index (κ3) is 4.51. The summed E-state index contributed by atoms with van der Waals surface area (Å²) < 4.78 is 36.9. The van der Waals surface area contributed by atoms with Gasteiger partial charge >= 0.3 is 5.97 Å². The van der Waals surface area contributed by atoms with Crippen LogP contribution in [0.5, 0.6) is 0 Å². The molecule has 7 nitrogen and oxygen atoms in total. The van der Waals surface area contributed by atoms with Crippen molar-refractivity contribution in [3.05, 3.63) is 52.8 Å². The predicted octanol–water partition coefficient (Wildman–Crippen LogP) is 2.48. The van der Waals surface area contributed by atoms with E-state index in [1.165, 1.54) is 19.6 Å². The Kier molecular flexibility index (Phi) is 6.22. The average molecular weight is 380 g/mol. The van der Waals surface area contributed by atoms with Crippen LogP contribution in [0.4, 0.5) is 0 Å². The minimum absolute atomic E-state index is 0.00331. The van der Waals surface area contributed by atoms with Crippen molar-refractivity contribution in [1.82, 2.24) is 4.72 Å². The number of ether oxygens (including phenoxy) is 1. The fraction of sp³-hybridized carbons (Fsp3) is 0.389. The summed E-state index contributed by atoms with van der Waals surface area (Å²) >= 11 is 0. The Balaban J connectivity index is 2.09. The molecule has 0 amide bonds.